The molecule has 0 aromatic carbocycles. The number of aryl methyl sites for hydroxylation is 1. The molecule has 1 saturated heterocycles. The normalized spacial score (nSPS) is 20.9. The first-order valence-electron chi connectivity index (χ1n) is 6.33. The molecule has 0 saturated carbocycles. The Balaban J connectivity index is 2.08. The fourth-order valence-corrected chi connectivity index (χ4v) is 2.48. The summed E-state index contributed by atoms with van der Waals surface area (Å²) in [6.45, 7) is 3.87. The molecule has 1 aliphatic heterocycles. The molecule has 0 spiro atoms. The Morgan fingerprint density at radius 2 is 2.41 bits per heavy atom. The molecule has 17 heavy (non-hydrogen) atoms. The quantitative estimate of drug-likeness (QED) is 0.797. The first-order chi connectivity index (χ1) is 8.40. The molecule has 1 atom stereocenters. The lowest BCUT2D eigenvalue weighted by atomic mass is 10.1. The van der Waals surface area contributed by atoms with Crippen LogP contribution in [0, 0.1) is 0 Å². The number of imidazole rings is 1. The van der Waals surface area contributed by atoms with Gasteiger partial charge in [0, 0.05) is 19.3 Å². The second kappa shape index (κ2) is 4.45. The zero-order valence-corrected chi connectivity index (χ0v) is 10.1. The van der Waals surface area contributed by atoms with Gasteiger partial charge in [-0.3, -0.25) is 0 Å². The van der Waals surface area contributed by atoms with Crippen molar-refractivity contribution in [3.63, 3.8) is 0 Å². The molecule has 3 rings (SSSR count). The molecular weight excluding hydrogens is 214 g/mol. The molecule has 1 unspecified atom stereocenters. The van der Waals surface area contributed by atoms with Crippen molar-refractivity contribution < 1.29 is 4.74 Å². The maximum absolute atomic E-state index is 5.82. The average molecular weight is 231 g/mol. The Morgan fingerprint density at radius 3 is 3.18 bits per heavy atom. The Hall–Kier alpha value is -1.42. The fourth-order valence-electron chi connectivity index (χ4n) is 2.48. The lowest BCUT2D eigenvalue weighted by molar-refractivity contribution is 0.00771. The highest BCUT2D eigenvalue weighted by Gasteiger charge is 2.22. The van der Waals surface area contributed by atoms with Gasteiger partial charge in [-0.15, -0.1) is 0 Å². The summed E-state index contributed by atoms with van der Waals surface area (Å²) in [5.74, 6) is 1.04. The number of hydrogen-bond acceptors (Lipinski definition) is 3. The molecule has 0 amide bonds. The van der Waals surface area contributed by atoms with Gasteiger partial charge in [0.15, 0.2) is 5.65 Å². The summed E-state index contributed by atoms with van der Waals surface area (Å²) in [4.78, 5) is 9.10. The third-order valence-electron chi connectivity index (χ3n) is 3.32. The van der Waals surface area contributed by atoms with Gasteiger partial charge < -0.3 is 9.30 Å². The van der Waals surface area contributed by atoms with Crippen LogP contribution < -0.4 is 0 Å². The largest absolute Gasteiger partial charge is 0.370 e. The van der Waals surface area contributed by atoms with E-state index in [9.17, 15) is 0 Å². The number of fused-ring (bicyclic) bond motifs is 1. The molecule has 0 bridgehead atoms. The van der Waals surface area contributed by atoms with E-state index in [1.165, 1.54) is 12.8 Å². The molecular formula is C13H17N3O. The first-order valence-corrected chi connectivity index (χ1v) is 6.33. The summed E-state index contributed by atoms with van der Waals surface area (Å²) in [6.07, 6.45) is 5.44. The molecule has 90 valence electrons. The van der Waals surface area contributed by atoms with Crippen LogP contribution >= 0.6 is 0 Å². The summed E-state index contributed by atoms with van der Waals surface area (Å²) in [6, 6.07) is 3.95. The van der Waals surface area contributed by atoms with Gasteiger partial charge in [-0.25, -0.2) is 9.97 Å². The van der Waals surface area contributed by atoms with Crippen LogP contribution in [-0.4, -0.2) is 21.1 Å². The van der Waals surface area contributed by atoms with E-state index in [1.807, 2.05) is 18.3 Å². The number of hydrogen-bond donors (Lipinski definition) is 0. The molecule has 4 heteroatoms. The predicted molar refractivity (Wildman–Crippen MR) is 65.7 cm³/mol. The van der Waals surface area contributed by atoms with Crippen LogP contribution in [0.5, 0.6) is 0 Å². The van der Waals surface area contributed by atoms with Crippen molar-refractivity contribution >= 4 is 11.2 Å². The van der Waals surface area contributed by atoms with Crippen LogP contribution in [0.3, 0.4) is 0 Å². The molecule has 1 fully saturated rings. The molecule has 1 aliphatic rings. The van der Waals surface area contributed by atoms with Crippen LogP contribution in [0.1, 0.15) is 38.1 Å². The van der Waals surface area contributed by atoms with E-state index in [2.05, 4.69) is 21.5 Å². The van der Waals surface area contributed by atoms with Crippen molar-refractivity contribution in [1.29, 1.82) is 0 Å². The SMILES string of the molecule is CCn1c(C2CCCCO2)nc2cccnc21. The zero-order valence-electron chi connectivity index (χ0n) is 10.1. The number of aromatic nitrogens is 3. The van der Waals surface area contributed by atoms with Crippen molar-refractivity contribution in [3.8, 4) is 0 Å². The van der Waals surface area contributed by atoms with E-state index in [-0.39, 0.29) is 6.10 Å². The Bertz CT molecular complexity index is 514. The highest BCUT2D eigenvalue weighted by atomic mass is 16.5. The highest BCUT2D eigenvalue weighted by Crippen LogP contribution is 2.29. The zero-order chi connectivity index (χ0) is 11.7. The van der Waals surface area contributed by atoms with Gasteiger partial charge in [0.05, 0.1) is 0 Å². The standard InChI is InChI=1S/C13H17N3O/c1-2-16-12-10(6-5-8-14-12)15-13(16)11-7-3-4-9-17-11/h5-6,8,11H,2-4,7,9H2,1H3. The van der Waals surface area contributed by atoms with E-state index in [0.29, 0.717) is 0 Å². The summed E-state index contributed by atoms with van der Waals surface area (Å²) in [5, 5.41) is 0. The van der Waals surface area contributed by atoms with Gasteiger partial charge in [-0.1, -0.05) is 0 Å². The fraction of sp³-hybridized carbons (Fsp3) is 0.538. The highest BCUT2D eigenvalue weighted by molar-refractivity contribution is 5.71. The Morgan fingerprint density at radius 1 is 1.47 bits per heavy atom. The summed E-state index contributed by atoms with van der Waals surface area (Å²) >= 11 is 0. The smallest absolute Gasteiger partial charge is 0.160 e. The molecule has 2 aromatic rings. The lowest BCUT2D eigenvalue weighted by Gasteiger charge is -2.22. The van der Waals surface area contributed by atoms with Crippen LogP contribution in [0.15, 0.2) is 18.3 Å². The van der Waals surface area contributed by atoms with Gasteiger partial charge in [-0.05, 0) is 38.3 Å². The maximum atomic E-state index is 5.82. The third kappa shape index (κ3) is 1.82. The van der Waals surface area contributed by atoms with Gasteiger partial charge in [0.2, 0.25) is 0 Å². The van der Waals surface area contributed by atoms with Crippen LogP contribution in [0.25, 0.3) is 11.2 Å². The van der Waals surface area contributed by atoms with Gasteiger partial charge >= 0.3 is 0 Å². The monoisotopic (exact) mass is 231 g/mol. The number of ether oxygens (including phenoxy) is 1. The first kappa shape index (κ1) is 10.7. The molecule has 0 N–H and O–H groups in total. The number of nitrogens with zero attached hydrogens (tertiary/aromatic N) is 3. The minimum Gasteiger partial charge on any atom is -0.370 e. The van der Waals surface area contributed by atoms with E-state index in [1.54, 1.807) is 0 Å². The van der Waals surface area contributed by atoms with Gasteiger partial charge in [0.1, 0.15) is 17.4 Å². The van der Waals surface area contributed by atoms with Crippen molar-refractivity contribution in [2.75, 3.05) is 6.61 Å². The number of pyridine rings is 1. The maximum Gasteiger partial charge on any atom is 0.160 e. The van der Waals surface area contributed by atoms with Crippen molar-refractivity contribution in [3.05, 3.63) is 24.2 Å². The second-order valence-electron chi connectivity index (χ2n) is 4.42. The minimum absolute atomic E-state index is 0.151. The van der Waals surface area contributed by atoms with Crippen molar-refractivity contribution in [2.45, 2.75) is 38.8 Å². The summed E-state index contributed by atoms with van der Waals surface area (Å²) < 4.78 is 8.00. The van der Waals surface area contributed by atoms with E-state index in [4.69, 9.17) is 4.74 Å². The molecule has 2 aromatic heterocycles. The topological polar surface area (TPSA) is 39.9 Å². The summed E-state index contributed by atoms with van der Waals surface area (Å²) in [7, 11) is 0. The molecule has 0 radical (unpaired) electrons. The van der Waals surface area contributed by atoms with E-state index >= 15 is 0 Å². The molecule has 4 nitrogen and oxygen atoms in total. The Labute approximate surface area is 101 Å². The van der Waals surface area contributed by atoms with Crippen molar-refractivity contribution in [2.24, 2.45) is 0 Å². The Kier molecular flexibility index (Phi) is 2.81. The van der Waals surface area contributed by atoms with Crippen LogP contribution in [-0.2, 0) is 11.3 Å². The molecule has 0 aliphatic carbocycles. The number of rotatable bonds is 2. The van der Waals surface area contributed by atoms with Gasteiger partial charge in [0.25, 0.3) is 0 Å². The van der Waals surface area contributed by atoms with E-state index < -0.39 is 0 Å². The molecule has 3 heterocycles. The third-order valence-corrected chi connectivity index (χ3v) is 3.32. The van der Waals surface area contributed by atoms with E-state index in [0.717, 1.165) is 36.6 Å². The average Bonchev–Trinajstić information content (AvgIpc) is 2.78. The lowest BCUT2D eigenvalue weighted by Crippen LogP contribution is -2.16. The van der Waals surface area contributed by atoms with Crippen molar-refractivity contribution in [1.82, 2.24) is 14.5 Å². The van der Waals surface area contributed by atoms with Crippen LogP contribution in [0.2, 0.25) is 0 Å². The predicted octanol–water partition coefficient (Wildman–Crippen LogP) is 2.69. The second-order valence-corrected chi connectivity index (χ2v) is 4.42. The van der Waals surface area contributed by atoms with Crippen LogP contribution in [0.4, 0.5) is 0 Å². The van der Waals surface area contributed by atoms with Gasteiger partial charge in [-0.2, -0.15) is 0 Å². The summed E-state index contributed by atoms with van der Waals surface area (Å²) in [5.41, 5.74) is 1.94. The minimum atomic E-state index is 0.151.